The van der Waals surface area contributed by atoms with Crippen molar-refractivity contribution >= 4 is 39.7 Å². The average molecular weight is 394 g/mol. The van der Waals surface area contributed by atoms with Gasteiger partial charge in [0, 0.05) is 0 Å². The minimum Gasteiger partial charge on any atom is -0.495 e. The van der Waals surface area contributed by atoms with E-state index in [0.717, 1.165) is 4.57 Å². The van der Waals surface area contributed by atoms with Crippen molar-refractivity contribution in [3.63, 3.8) is 0 Å². The van der Waals surface area contributed by atoms with Gasteiger partial charge in [-0.15, -0.1) is 0 Å². The molecule has 27 heavy (non-hydrogen) atoms. The van der Waals surface area contributed by atoms with E-state index in [2.05, 4.69) is 15.6 Å². The molecule has 0 amide bonds. The molecule has 0 saturated carbocycles. The minimum absolute atomic E-state index is 0.226. The SMILES string of the molecule is COc1ccccc1NC(=S)Nc1cccc2nc(C)n(CC(F)(F)F)c12. The topological polar surface area (TPSA) is 51.1 Å². The lowest BCUT2D eigenvalue weighted by Crippen LogP contribution is -2.21. The summed E-state index contributed by atoms with van der Waals surface area (Å²) in [5, 5.41) is 6.18. The molecule has 5 nitrogen and oxygen atoms in total. The molecule has 0 bridgehead atoms. The number of ether oxygens (including phenoxy) is 1. The summed E-state index contributed by atoms with van der Waals surface area (Å²) in [4.78, 5) is 4.22. The molecule has 0 spiro atoms. The van der Waals surface area contributed by atoms with Crippen molar-refractivity contribution in [2.75, 3.05) is 17.7 Å². The fourth-order valence-corrected chi connectivity index (χ4v) is 3.02. The van der Waals surface area contributed by atoms with Crippen LogP contribution in [0.5, 0.6) is 5.75 Å². The summed E-state index contributed by atoms with van der Waals surface area (Å²) < 4.78 is 45.3. The van der Waals surface area contributed by atoms with E-state index in [0.29, 0.717) is 28.2 Å². The van der Waals surface area contributed by atoms with Crippen molar-refractivity contribution < 1.29 is 17.9 Å². The summed E-state index contributed by atoms with van der Waals surface area (Å²) >= 11 is 5.32. The Morgan fingerprint density at radius 1 is 1.11 bits per heavy atom. The van der Waals surface area contributed by atoms with Crippen LogP contribution in [-0.2, 0) is 6.54 Å². The first-order valence-corrected chi connectivity index (χ1v) is 8.43. The lowest BCUT2D eigenvalue weighted by Gasteiger charge is -2.16. The van der Waals surface area contributed by atoms with Gasteiger partial charge in [0.25, 0.3) is 0 Å². The van der Waals surface area contributed by atoms with Gasteiger partial charge in [0.05, 0.1) is 29.5 Å². The highest BCUT2D eigenvalue weighted by Gasteiger charge is 2.30. The van der Waals surface area contributed by atoms with Crippen LogP contribution in [0, 0.1) is 6.92 Å². The number of imidazole rings is 1. The Hall–Kier alpha value is -2.81. The number of aryl methyl sites for hydroxylation is 1. The van der Waals surface area contributed by atoms with Crippen molar-refractivity contribution in [2.24, 2.45) is 0 Å². The molecular weight excluding hydrogens is 377 g/mol. The number of para-hydroxylation sites is 3. The van der Waals surface area contributed by atoms with Gasteiger partial charge >= 0.3 is 6.18 Å². The molecule has 0 aliphatic heterocycles. The number of alkyl halides is 3. The second kappa shape index (κ2) is 7.43. The van der Waals surface area contributed by atoms with Crippen LogP contribution in [0.1, 0.15) is 5.82 Å². The number of aromatic nitrogens is 2. The Balaban J connectivity index is 1.91. The molecule has 2 aromatic carbocycles. The molecule has 0 fully saturated rings. The number of benzene rings is 2. The summed E-state index contributed by atoms with van der Waals surface area (Å²) in [7, 11) is 1.54. The molecule has 2 N–H and O–H groups in total. The smallest absolute Gasteiger partial charge is 0.406 e. The zero-order valence-electron chi connectivity index (χ0n) is 14.6. The van der Waals surface area contributed by atoms with Gasteiger partial charge in [-0.3, -0.25) is 0 Å². The second-order valence-corrected chi connectivity index (χ2v) is 6.22. The third-order valence-electron chi connectivity index (χ3n) is 3.90. The first-order chi connectivity index (χ1) is 12.8. The van der Waals surface area contributed by atoms with E-state index in [1.165, 1.54) is 7.11 Å². The Morgan fingerprint density at radius 2 is 1.78 bits per heavy atom. The number of thiocarbonyl (C=S) groups is 1. The Kier molecular flexibility index (Phi) is 5.22. The van der Waals surface area contributed by atoms with Gasteiger partial charge in [-0.05, 0) is 43.4 Å². The molecule has 142 valence electrons. The Bertz CT molecular complexity index is 984. The van der Waals surface area contributed by atoms with Gasteiger partial charge in [0.2, 0.25) is 0 Å². The van der Waals surface area contributed by atoms with Gasteiger partial charge in [0.1, 0.15) is 18.1 Å². The molecular formula is C18H17F3N4OS. The molecule has 9 heteroatoms. The average Bonchev–Trinajstić information content (AvgIpc) is 2.90. The maximum absolute atomic E-state index is 13.0. The number of nitrogens with one attached hydrogen (secondary N) is 2. The van der Waals surface area contributed by atoms with Crippen LogP contribution < -0.4 is 15.4 Å². The van der Waals surface area contributed by atoms with Crippen LogP contribution in [0.15, 0.2) is 42.5 Å². The van der Waals surface area contributed by atoms with Crippen molar-refractivity contribution in [3.8, 4) is 5.75 Å². The zero-order chi connectivity index (χ0) is 19.6. The quantitative estimate of drug-likeness (QED) is 0.627. The maximum Gasteiger partial charge on any atom is 0.406 e. The molecule has 1 heterocycles. The first-order valence-electron chi connectivity index (χ1n) is 8.02. The molecule has 1 aromatic heterocycles. The van der Waals surface area contributed by atoms with Gasteiger partial charge in [0.15, 0.2) is 5.11 Å². The van der Waals surface area contributed by atoms with E-state index in [9.17, 15) is 13.2 Å². The van der Waals surface area contributed by atoms with Crippen LogP contribution in [0.4, 0.5) is 24.5 Å². The summed E-state index contributed by atoms with van der Waals surface area (Å²) in [5.41, 5.74) is 1.88. The number of halogens is 3. The van der Waals surface area contributed by atoms with E-state index in [-0.39, 0.29) is 10.9 Å². The van der Waals surface area contributed by atoms with Crippen molar-refractivity contribution in [1.82, 2.24) is 9.55 Å². The number of anilines is 2. The number of hydrogen-bond donors (Lipinski definition) is 2. The standard InChI is InChI=1S/C18H17F3N4OS/c1-11-22-13-7-5-8-14(16(13)25(11)10-18(19,20)21)24-17(27)23-12-6-3-4-9-15(12)26-2/h3-9H,10H2,1-2H3,(H2,23,24,27). The fourth-order valence-electron chi connectivity index (χ4n) is 2.80. The van der Waals surface area contributed by atoms with Gasteiger partial charge in [-0.25, -0.2) is 4.98 Å². The highest BCUT2D eigenvalue weighted by atomic mass is 32.1. The minimum atomic E-state index is -4.36. The monoisotopic (exact) mass is 394 g/mol. The largest absolute Gasteiger partial charge is 0.495 e. The van der Waals surface area contributed by atoms with Gasteiger partial charge in [-0.1, -0.05) is 18.2 Å². The number of nitrogens with zero attached hydrogens (tertiary/aromatic N) is 2. The molecule has 0 aliphatic rings. The molecule has 3 aromatic rings. The number of methoxy groups -OCH3 is 1. The predicted octanol–water partition coefficient (Wildman–Crippen LogP) is 4.72. The summed E-state index contributed by atoms with van der Waals surface area (Å²) in [6, 6.07) is 12.2. The van der Waals surface area contributed by atoms with Crippen LogP contribution >= 0.6 is 12.2 Å². The second-order valence-electron chi connectivity index (χ2n) is 5.81. The molecule has 0 saturated heterocycles. The van der Waals surface area contributed by atoms with Crippen LogP contribution in [0.2, 0.25) is 0 Å². The highest BCUT2D eigenvalue weighted by Crippen LogP contribution is 2.29. The normalized spacial score (nSPS) is 11.4. The lowest BCUT2D eigenvalue weighted by molar-refractivity contribution is -0.140. The Morgan fingerprint density at radius 3 is 2.48 bits per heavy atom. The number of hydrogen-bond acceptors (Lipinski definition) is 3. The van der Waals surface area contributed by atoms with Gasteiger partial charge < -0.3 is 19.9 Å². The van der Waals surface area contributed by atoms with Crippen LogP contribution in [0.3, 0.4) is 0 Å². The van der Waals surface area contributed by atoms with E-state index in [4.69, 9.17) is 17.0 Å². The van der Waals surface area contributed by atoms with Crippen molar-refractivity contribution in [1.29, 1.82) is 0 Å². The molecule has 0 aliphatic carbocycles. The molecule has 0 unspecified atom stereocenters. The lowest BCUT2D eigenvalue weighted by atomic mass is 10.2. The highest BCUT2D eigenvalue weighted by molar-refractivity contribution is 7.80. The summed E-state index contributed by atoms with van der Waals surface area (Å²) in [6.07, 6.45) is -4.36. The van der Waals surface area contributed by atoms with Crippen molar-refractivity contribution in [3.05, 3.63) is 48.3 Å². The van der Waals surface area contributed by atoms with E-state index in [1.807, 2.05) is 12.1 Å². The van der Waals surface area contributed by atoms with E-state index >= 15 is 0 Å². The van der Waals surface area contributed by atoms with E-state index < -0.39 is 12.7 Å². The van der Waals surface area contributed by atoms with Gasteiger partial charge in [-0.2, -0.15) is 13.2 Å². The first kappa shape index (κ1) is 19.0. The summed E-state index contributed by atoms with van der Waals surface area (Å²) in [5.74, 6) is 0.873. The number of fused-ring (bicyclic) bond motifs is 1. The summed E-state index contributed by atoms with van der Waals surface area (Å²) in [6.45, 7) is 0.418. The zero-order valence-corrected chi connectivity index (χ0v) is 15.4. The third kappa shape index (κ3) is 4.30. The molecule has 0 radical (unpaired) electrons. The van der Waals surface area contributed by atoms with Crippen molar-refractivity contribution in [2.45, 2.75) is 19.6 Å². The fraction of sp³-hybridized carbons (Fsp3) is 0.222. The van der Waals surface area contributed by atoms with Crippen LogP contribution in [-0.4, -0.2) is 27.9 Å². The Labute approximate surface area is 159 Å². The number of rotatable bonds is 4. The van der Waals surface area contributed by atoms with E-state index in [1.54, 1.807) is 37.3 Å². The molecule has 3 rings (SSSR count). The van der Waals surface area contributed by atoms with Crippen LogP contribution in [0.25, 0.3) is 11.0 Å². The molecule has 0 atom stereocenters. The third-order valence-corrected chi connectivity index (χ3v) is 4.10. The predicted molar refractivity (Wildman–Crippen MR) is 103 cm³/mol. The maximum atomic E-state index is 13.0.